The van der Waals surface area contributed by atoms with Gasteiger partial charge < -0.3 is 19.9 Å². The number of carbonyl (C=O) groups excluding carboxylic acids is 1. The monoisotopic (exact) mass is 485 g/mol. The van der Waals surface area contributed by atoms with Crippen LogP contribution < -0.4 is 10.5 Å². The second-order valence-electron chi connectivity index (χ2n) is 8.00. The minimum atomic E-state index is -3.87. The van der Waals surface area contributed by atoms with Gasteiger partial charge >= 0.3 is 13.8 Å². The lowest BCUT2D eigenvalue weighted by molar-refractivity contribution is -0.148. The molecule has 0 amide bonds. The highest BCUT2D eigenvalue weighted by molar-refractivity contribution is 7.48. The third kappa shape index (κ3) is 4.97. The molecule has 0 saturated carbocycles. The third-order valence-corrected chi connectivity index (χ3v) is 6.65. The maximum absolute atomic E-state index is 12.9. The molecule has 0 aromatic carbocycles. The number of nitrogen functional groups attached to an aromatic ring is 1. The number of aromatic nitrogens is 4. The molecule has 2 aliphatic heterocycles. The van der Waals surface area contributed by atoms with Crippen LogP contribution in [0.5, 0.6) is 5.88 Å². The second kappa shape index (κ2) is 9.51. The van der Waals surface area contributed by atoms with Gasteiger partial charge in [0.2, 0.25) is 11.8 Å². The first kappa shape index (κ1) is 23.8. The molecule has 13 nitrogen and oxygen atoms in total. The quantitative estimate of drug-likeness (QED) is 0.430. The van der Waals surface area contributed by atoms with Gasteiger partial charge in [0.05, 0.1) is 38.7 Å². The van der Waals surface area contributed by atoms with Crippen molar-refractivity contribution >= 4 is 30.9 Å². The molecule has 2 aromatic rings. The Balaban J connectivity index is 1.46. The molecule has 182 valence electrons. The molecule has 0 aliphatic carbocycles. The van der Waals surface area contributed by atoms with E-state index in [0.717, 1.165) is 0 Å². The Morgan fingerprint density at radius 2 is 2.18 bits per heavy atom. The Labute approximate surface area is 190 Å². The molecular weight excluding hydrogens is 457 g/mol. The first-order chi connectivity index (χ1) is 15.7. The summed E-state index contributed by atoms with van der Waals surface area (Å²) in [7, 11) is -3.87. The Morgan fingerprint density at radius 3 is 2.91 bits per heavy atom. The number of imidazole rings is 1. The van der Waals surface area contributed by atoms with Crippen molar-refractivity contribution in [3.05, 3.63) is 6.33 Å². The highest BCUT2D eigenvalue weighted by atomic mass is 31.2. The fourth-order valence-electron chi connectivity index (χ4n) is 3.80. The summed E-state index contributed by atoms with van der Waals surface area (Å²) in [5.41, 5.74) is 6.75. The molecule has 4 rings (SSSR count). The zero-order valence-electron chi connectivity index (χ0n) is 18.9. The van der Waals surface area contributed by atoms with Crippen LogP contribution in [0.1, 0.15) is 40.3 Å². The summed E-state index contributed by atoms with van der Waals surface area (Å²) in [5, 5.41) is 0. The maximum atomic E-state index is 12.9. The molecule has 0 unspecified atom stereocenters. The number of nitrogens with zero attached hydrogens (tertiary/aromatic N) is 4. The van der Waals surface area contributed by atoms with Gasteiger partial charge in [-0.25, -0.2) is 9.55 Å². The highest BCUT2D eigenvalue weighted by Gasteiger charge is 2.52. The van der Waals surface area contributed by atoms with Gasteiger partial charge in [-0.3, -0.25) is 22.9 Å². The minimum Gasteiger partial charge on any atom is -0.476 e. The summed E-state index contributed by atoms with van der Waals surface area (Å²) >= 11 is 0. The Hall–Kier alpha value is -2.31. The van der Waals surface area contributed by atoms with Gasteiger partial charge in [0, 0.05) is 5.92 Å². The zero-order valence-corrected chi connectivity index (χ0v) is 19.8. The topological polar surface area (TPSA) is 159 Å². The Bertz CT molecular complexity index is 1060. The number of phosphoric acid groups is 1. The summed E-state index contributed by atoms with van der Waals surface area (Å²) in [6.45, 7) is 7.47. The van der Waals surface area contributed by atoms with Gasteiger partial charge in [-0.05, 0) is 20.8 Å². The smallest absolute Gasteiger partial charge is 0.475 e. The summed E-state index contributed by atoms with van der Waals surface area (Å²) in [6.07, 6.45) is -0.330. The molecule has 4 heterocycles. The van der Waals surface area contributed by atoms with Crippen molar-refractivity contribution in [3.8, 4) is 5.88 Å². The van der Waals surface area contributed by atoms with Crippen molar-refractivity contribution in [2.24, 2.45) is 5.92 Å². The molecule has 14 heteroatoms. The van der Waals surface area contributed by atoms with E-state index in [1.165, 1.54) is 0 Å². The predicted octanol–water partition coefficient (Wildman–Crippen LogP) is 2.22. The summed E-state index contributed by atoms with van der Waals surface area (Å²) in [5.74, 6) is -0.380. The summed E-state index contributed by atoms with van der Waals surface area (Å²) < 4.78 is 47.7. The number of carbonyl (C=O) groups is 1. The minimum absolute atomic E-state index is 0.00712. The largest absolute Gasteiger partial charge is 0.476 e. The van der Waals surface area contributed by atoms with Crippen LogP contribution in [-0.4, -0.2) is 63.6 Å². The van der Waals surface area contributed by atoms with Crippen molar-refractivity contribution in [3.63, 3.8) is 0 Å². The normalized spacial score (nSPS) is 29.4. The van der Waals surface area contributed by atoms with E-state index >= 15 is 0 Å². The van der Waals surface area contributed by atoms with Gasteiger partial charge in [-0.1, -0.05) is 6.92 Å². The summed E-state index contributed by atoms with van der Waals surface area (Å²) in [6, 6.07) is 0. The van der Waals surface area contributed by atoms with E-state index in [9.17, 15) is 9.36 Å². The van der Waals surface area contributed by atoms with Crippen LogP contribution in [0.25, 0.3) is 11.2 Å². The van der Waals surface area contributed by atoms with Crippen molar-refractivity contribution in [2.45, 2.75) is 58.7 Å². The number of hydrogen-bond acceptors (Lipinski definition) is 12. The number of rotatable bonds is 8. The van der Waals surface area contributed by atoms with E-state index < -0.39 is 32.2 Å². The summed E-state index contributed by atoms with van der Waals surface area (Å²) in [4.78, 5) is 24.4. The van der Waals surface area contributed by atoms with Gasteiger partial charge in [-0.2, -0.15) is 9.97 Å². The molecule has 0 radical (unpaired) electrons. The molecule has 2 fully saturated rings. The lowest BCUT2D eigenvalue weighted by Crippen LogP contribution is -2.36. The zero-order chi connectivity index (χ0) is 23.8. The van der Waals surface area contributed by atoms with E-state index in [4.69, 9.17) is 33.5 Å². The van der Waals surface area contributed by atoms with Crippen LogP contribution in [-0.2, 0) is 32.4 Å². The van der Waals surface area contributed by atoms with Crippen molar-refractivity contribution in [2.75, 3.05) is 25.6 Å². The molecule has 5 atom stereocenters. The number of anilines is 1. The van der Waals surface area contributed by atoms with E-state index in [1.54, 1.807) is 24.7 Å². The van der Waals surface area contributed by atoms with Gasteiger partial charge in [-0.15, -0.1) is 0 Å². The third-order valence-electron chi connectivity index (χ3n) is 5.18. The number of ether oxygens (including phenoxy) is 3. The van der Waals surface area contributed by atoms with Crippen molar-refractivity contribution in [1.29, 1.82) is 0 Å². The van der Waals surface area contributed by atoms with E-state index in [-0.39, 0.29) is 43.5 Å². The van der Waals surface area contributed by atoms with Crippen LogP contribution >= 0.6 is 7.82 Å². The predicted molar refractivity (Wildman–Crippen MR) is 114 cm³/mol. The average molecular weight is 485 g/mol. The first-order valence-electron chi connectivity index (χ1n) is 10.8. The number of esters is 1. The SMILES string of the molecule is CCOc1nc(N)nc2c1ncn2[C@@H]1O[C@@H]2CO[P@](=O)(OCCC(=O)OC(C)C)O[C@H]2[C@@H]1C. The number of nitrogens with two attached hydrogens (primary N) is 1. The number of hydrogen-bond donors (Lipinski definition) is 1. The van der Waals surface area contributed by atoms with Crippen molar-refractivity contribution in [1.82, 2.24) is 19.5 Å². The van der Waals surface area contributed by atoms with Crippen LogP contribution in [0.2, 0.25) is 0 Å². The standard InChI is InChI=1S/C19H28N5O8P/c1-5-27-17-14-16(22-19(20)23-17)24(9-21-14)18-11(4)15-12(31-18)8-29-33(26,32-15)28-7-6-13(25)30-10(2)3/h9-12,15,18H,5-8H2,1-4H3,(H2,20,22,23)/t11-,12+,15-,18+,33-/m0/s1. The van der Waals surface area contributed by atoms with Gasteiger partial charge in [0.1, 0.15) is 18.4 Å². The molecule has 2 aliphatic rings. The molecule has 2 aromatic heterocycles. The van der Waals surface area contributed by atoms with E-state index in [0.29, 0.717) is 17.8 Å². The lowest BCUT2D eigenvalue weighted by Gasteiger charge is -2.31. The fraction of sp³-hybridized carbons (Fsp3) is 0.684. The van der Waals surface area contributed by atoms with Crippen molar-refractivity contribution < 1.29 is 37.1 Å². The van der Waals surface area contributed by atoms with E-state index in [1.807, 2.05) is 13.8 Å². The van der Waals surface area contributed by atoms with Crippen LogP contribution in [0, 0.1) is 5.92 Å². The first-order valence-corrected chi connectivity index (χ1v) is 12.2. The van der Waals surface area contributed by atoms with Crippen LogP contribution in [0.3, 0.4) is 0 Å². The molecule has 2 saturated heterocycles. The molecular formula is C19H28N5O8P. The Kier molecular flexibility index (Phi) is 6.87. The lowest BCUT2D eigenvalue weighted by atomic mass is 10.0. The van der Waals surface area contributed by atoms with Gasteiger partial charge in [0.25, 0.3) is 0 Å². The second-order valence-corrected chi connectivity index (χ2v) is 9.62. The highest BCUT2D eigenvalue weighted by Crippen LogP contribution is 2.58. The number of phosphoric ester groups is 1. The number of fused-ring (bicyclic) bond motifs is 2. The van der Waals surface area contributed by atoms with Crippen LogP contribution in [0.4, 0.5) is 5.95 Å². The molecule has 2 N–H and O–H groups in total. The molecule has 0 spiro atoms. The maximum Gasteiger partial charge on any atom is 0.475 e. The fourth-order valence-corrected chi connectivity index (χ4v) is 5.27. The van der Waals surface area contributed by atoms with Gasteiger partial charge in [0.15, 0.2) is 11.2 Å². The Morgan fingerprint density at radius 1 is 1.39 bits per heavy atom. The molecule has 0 bridgehead atoms. The van der Waals surface area contributed by atoms with E-state index in [2.05, 4.69) is 15.0 Å². The average Bonchev–Trinajstić information content (AvgIpc) is 3.28. The molecule has 33 heavy (non-hydrogen) atoms. The van der Waals surface area contributed by atoms with Crippen LogP contribution in [0.15, 0.2) is 6.33 Å².